The largest absolute Gasteiger partial charge is 0.381 e. The number of likely N-dealkylation sites (N-methyl/N-ethyl adjacent to an activating group) is 1. The molecule has 118 valence electrons. The number of carbonyl (C=O) groups is 1. The highest BCUT2D eigenvalue weighted by Gasteiger charge is 2.23. The first-order chi connectivity index (χ1) is 10.5. The fourth-order valence-corrected chi connectivity index (χ4v) is 2.72. The maximum Gasteiger partial charge on any atom is 0.289 e. The van der Waals surface area contributed by atoms with Crippen LogP contribution in [0, 0.1) is 0 Å². The van der Waals surface area contributed by atoms with E-state index in [9.17, 15) is 4.79 Å². The van der Waals surface area contributed by atoms with Crippen LogP contribution in [0.5, 0.6) is 0 Å². The van der Waals surface area contributed by atoms with Gasteiger partial charge in [-0.05, 0) is 33.0 Å². The van der Waals surface area contributed by atoms with E-state index < -0.39 is 0 Å². The quantitative estimate of drug-likeness (QED) is 0.907. The lowest BCUT2D eigenvalue weighted by molar-refractivity contribution is 0.0653. The number of benzene rings is 1. The average Bonchev–Trinajstić information content (AvgIpc) is 2.92. The molecule has 6 heteroatoms. The second-order valence-corrected chi connectivity index (χ2v) is 6.18. The van der Waals surface area contributed by atoms with Gasteiger partial charge in [-0.2, -0.15) is 0 Å². The van der Waals surface area contributed by atoms with Gasteiger partial charge in [-0.1, -0.05) is 6.07 Å². The van der Waals surface area contributed by atoms with Gasteiger partial charge >= 0.3 is 0 Å². The van der Waals surface area contributed by atoms with Gasteiger partial charge in [-0.15, -0.1) is 0 Å². The Bertz CT molecular complexity index is 670. The van der Waals surface area contributed by atoms with Gasteiger partial charge in [0.05, 0.1) is 11.2 Å². The van der Waals surface area contributed by atoms with Crippen molar-refractivity contribution in [3.8, 4) is 0 Å². The monoisotopic (exact) mass is 301 g/mol. The molecule has 1 aromatic carbocycles. The van der Waals surface area contributed by atoms with Crippen molar-refractivity contribution in [2.45, 2.75) is 19.9 Å². The Balaban J connectivity index is 1.87. The molecule has 0 bridgehead atoms. The molecule has 1 aliphatic heterocycles. The predicted octanol–water partition coefficient (Wildman–Crippen LogP) is 1.77. The molecule has 2 aromatic rings. The number of fused-ring (bicyclic) bond motifs is 1. The molecule has 1 aromatic heterocycles. The Morgan fingerprint density at radius 2 is 2.00 bits per heavy atom. The third-order valence-electron chi connectivity index (χ3n) is 3.95. The molecule has 0 atom stereocenters. The summed E-state index contributed by atoms with van der Waals surface area (Å²) in [5.74, 6) is 0.414. The number of para-hydroxylation sites is 1. The summed E-state index contributed by atoms with van der Waals surface area (Å²) in [7, 11) is 2.08. The molecule has 1 amide bonds. The Morgan fingerprint density at radius 3 is 2.68 bits per heavy atom. The third kappa shape index (κ3) is 2.92. The van der Waals surface area contributed by atoms with Crippen molar-refractivity contribution in [1.82, 2.24) is 19.8 Å². The number of rotatable bonds is 3. The molecule has 6 nitrogen and oxygen atoms in total. The van der Waals surface area contributed by atoms with Crippen LogP contribution < -0.4 is 5.32 Å². The van der Waals surface area contributed by atoms with Gasteiger partial charge in [0, 0.05) is 32.2 Å². The number of aromatic amines is 1. The second-order valence-electron chi connectivity index (χ2n) is 6.18. The number of amides is 1. The van der Waals surface area contributed by atoms with Gasteiger partial charge < -0.3 is 20.1 Å². The van der Waals surface area contributed by atoms with Crippen molar-refractivity contribution in [2.75, 3.05) is 38.5 Å². The van der Waals surface area contributed by atoms with E-state index in [1.54, 1.807) is 0 Å². The predicted molar refractivity (Wildman–Crippen MR) is 88.3 cm³/mol. The molecule has 2 N–H and O–H groups in total. The molecular formula is C16H23N5O. The highest BCUT2D eigenvalue weighted by Crippen LogP contribution is 2.22. The van der Waals surface area contributed by atoms with Crippen LogP contribution in [-0.2, 0) is 0 Å². The van der Waals surface area contributed by atoms with Crippen LogP contribution in [0.3, 0.4) is 0 Å². The van der Waals surface area contributed by atoms with E-state index in [4.69, 9.17) is 0 Å². The molecule has 1 saturated heterocycles. The topological polar surface area (TPSA) is 64.3 Å². The summed E-state index contributed by atoms with van der Waals surface area (Å²) in [6.45, 7) is 7.49. The minimum atomic E-state index is -0.0141. The first kappa shape index (κ1) is 14.8. The number of hydrogen-bond acceptors (Lipinski definition) is 4. The molecule has 3 rings (SSSR count). The zero-order valence-corrected chi connectivity index (χ0v) is 13.4. The number of H-pyrrole nitrogens is 1. The van der Waals surface area contributed by atoms with Crippen LogP contribution in [0.15, 0.2) is 18.2 Å². The van der Waals surface area contributed by atoms with Crippen molar-refractivity contribution in [3.05, 3.63) is 24.0 Å². The summed E-state index contributed by atoms with van der Waals surface area (Å²) in [6, 6.07) is 6.23. The molecular weight excluding hydrogens is 278 g/mol. The number of piperazine rings is 1. The van der Waals surface area contributed by atoms with Gasteiger partial charge in [0.15, 0.2) is 5.82 Å². The molecule has 22 heavy (non-hydrogen) atoms. The van der Waals surface area contributed by atoms with E-state index in [1.165, 1.54) is 0 Å². The van der Waals surface area contributed by atoms with Crippen LogP contribution in [0.1, 0.15) is 24.5 Å². The molecule has 1 fully saturated rings. The maximum absolute atomic E-state index is 12.6. The lowest BCUT2D eigenvalue weighted by Crippen LogP contribution is -2.47. The average molecular weight is 301 g/mol. The summed E-state index contributed by atoms with van der Waals surface area (Å²) in [5, 5.41) is 3.37. The fourth-order valence-electron chi connectivity index (χ4n) is 2.72. The van der Waals surface area contributed by atoms with Gasteiger partial charge in [-0.3, -0.25) is 4.79 Å². The van der Waals surface area contributed by atoms with Crippen molar-refractivity contribution in [3.63, 3.8) is 0 Å². The molecule has 1 aliphatic rings. The molecule has 0 unspecified atom stereocenters. The summed E-state index contributed by atoms with van der Waals surface area (Å²) >= 11 is 0. The first-order valence-corrected chi connectivity index (χ1v) is 7.77. The van der Waals surface area contributed by atoms with E-state index in [0.29, 0.717) is 11.9 Å². The summed E-state index contributed by atoms with van der Waals surface area (Å²) in [5.41, 5.74) is 2.68. The minimum absolute atomic E-state index is 0.0141. The van der Waals surface area contributed by atoms with E-state index in [-0.39, 0.29) is 5.91 Å². The fraction of sp³-hybridized carbons (Fsp3) is 0.500. The molecule has 0 aliphatic carbocycles. The highest BCUT2D eigenvalue weighted by molar-refractivity contribution is 5.97. The summed E-state index contributed by atoms with van der Waals surface area (Å²) in [4.78, 5) is 24.4. The van der Waals surface area contributed by atoms with Gasteiger partial charge in [-0.25, -0.2) is 4.98 Å². The van der Waals surface area contributed by atoms with Crippen molar-refractivity contribution in [2.24, 2.45) is 0 Å². The van der Waals surface area contributed by atoms with Crippen LogP contribution in [-0.4, -0.2) is 64.9 Å². The van der Waals surface area contributed by atoms with Gasteiger partial charge in [0.2, 0.25) is 0 Å². The molecule has 0 saturated carbocycles. The van der Waals surface area contributed by atoms with Crippen LogP contribution in [0.4, 0.5) is 5.69 Å². The third-order valence-corrected chi connectivity index (χ3v) is 3.95. The van der Waals surface area contributed by atoms with Crippen LogP contribution in [0.25, 0.3) is 11.0 Å². The van der Waals surface area contributed by atoms with E-state index in [0.717, 1.165) is 42.9 Å². The molecule has 0 spiro atoms. The smallest absolute Gasteiger partial charge is 0.289 e. The Hall–Kier alpha value is -2.08. The van der Waals surface area contributed by atoms with Gasteiger partial charge in [0.1, 0.15) is 5.52 Å². The van der Waals surface area contributed by atoms with E-state index in [1.807, 2.05) is 23.1 Å². The number of nitrogens with one attached hydrogen (secondary N) is 2. The standard InChI is InChI=1S/C16H23N5O/c1-11(2)17-12-5-4-6-13-14(12)19-15(18-13)16(22)21-9-7-20(3)8-10-21/h4-6,11,17H,7-10H2,1-3H3,(H,18,19). The SMILES string of the molecule is CC(C)Nc1cccc2[nH]c(C(=O)N3CCN(C)CC3)nc12. The lowest BCUT2D eigenvalue weighted by atomic mass is 10.2. The second kappa shape index (κ2) is 5.96. The zero-order valence-electron chi connectivity index (χ0n) is 13.4. The number of carbonyl (C=O) groups excluding carboxylic acids is 1. The van der Waals surface area contributed by atoms with Crippen LogP contribution in [0.2, 0.25) is 0 Å². The van der Waals surface area contributed by atoms with E-state index >= 15 is 0 Å². The summed E-state index contributed by atoms with van der Waals surface area (Å²) < 4.78 is 0. The minimum Gasteiger partial charge on any atom is -0.381 e. The normalized spacial score (nSPS) is 16.5. The zero-order chi connectivity index (χ0) is 15.7. The number of aromatic nitrogens is 2. The Kier molecular flexibility index (Phi) is 4.02. The first-order valence-electron chi connectivity index (χ1n) is 7.77. The van der Waals surface area contributed by atoms with Crippen molar-refractivity contribution >= 4 is 22.6 Å². The van der Waals surface area contributed by atoms with Crippen LogP contribution >= 0.6 is 0 Å². The highest BCUT2D eigenvalue weighted by atomic mass is 16.2. The number of anilines is 1. The number of imidazole rings is 1. The van der Waals surface area contributed by atoms with Crippen molar-refractivity contribution < 1.29 is 4.79 Å². The Labute approximate surface area is 130 Å². The molecule has 0 radical (unpaired) electrons. The lowest BCUT2D eigenvalue weighted by Gasteiger charge is -2.31. The Morgan fingerprint density at radius 1 is 1.27 bits per heavy atom. The number of nitrogens with zero attached hydrogens (tertiary/aromatic N) is 3. The van der Waals surface area contributed by atoms with Crippen molar-refractivity contribution in [1.29, 1.82) is 0 Å². The summed E-state index contributed by atoms with van der Waals surface area (Å²) in [6.07, 6.45) is 0. The number of hydrogen-bond donors (Lipinski definition) is 2. The van der Waals surface area contributed by atoms with E-state index in [2.05, 4.69) is 41.1 Å². The maximum atomic E-state index is 12.6. The van der Waals surface area contributed by atoms with Gasteiger partial charge in [0.25, 0.3) is 5.91 Å². The molecule has 2 heterocycles.